The molecule has 1 heterocycles. The molecule has 14 heavy (non-hydrogen) atoms. The first-order chi connectivity index (χ1) is 6.38. The summed E-state index contributed by atoms with van der Waals surface area (Å²) in [4.78, 5) is 3.96. The Morgan fingerprint density at radius 2 is 1.57 bits per heavy atom. The van der Waals surface area contributed by atoms with Crippen molar-refractivity contribution in [2.24, 2.45) is 0 Å². The minimum absolute atomic E-state index is 0. The summed E-state index contributed by atoms with van der Waals surface area (Å²) in [5.74, 6) is 0. The van der Waals surface area contributed by atoms with Crippen LogP contribution in [0, 0.1) is 0 Å². The molecule has 2 nitrogen and oxygen atoms in total. The number of para-hydroxylation sites is 1. The normalized spacial score (nSPS) is 9.14. The smallest absolute Gasteiger partial charge is 0.0393 e. The van der Waals surface area contributed by atoms with Gasteiger partial charge in [0, 0.05) is 23.6 Å². The van der Waals surface area contributed by atoms with Crippen LogP contribution < -0.4 is 5.73 Å². The highest BCUT2D eigenvalue weighted by Gasteiger charge is 1.98. The second-order valence-electron chi connectivity index (χ2n) is 2.82. The highest BCUT2D eigenvalue weighted by atomic mass is 35.5. The average molecular weight is 207 g/mol. The van der Waals surface area contributed by atoms with Gasteiger partial charge in [-0.05, 0) is 23.8 Å². The first kappa shape index (κ1) is 10.5. The molecule has 0 radical (unpaired) electrons. The van der Waals surface area contributed by atoms with Gasteiger partial charge < -0.3 is 5.73 Å². The van der Waals surface area contributed by atoms with Crippen LogP contribution in [0.5, 0.6) is 0 Å². The van der Waals surface area contributed by atoms with Gasteiger partial charge in [-0.15, -0.1) is 12.4 Å². The van der Waals surface area contributed by atoms with E-state index in [-0.39, 0.29) is 12.4 Å². The second-order valence-corrected chi connectivity index (χ2v) is 2.82. The predicted octanol–water partition coefficient (Wildman–Crippen LogP) is 2.75. The minimum atomic E-state index is 0. The third-order valence-electron chi connectivity index (χ3n) is 1.95. The number of halogens is 1. The maximum atomic E-state index is 5.83. The van der Waals surface area contributed by atoms with Crippen LogP contribution in [0.25, 0.3) is 11.1 Å². The summed E-state index contributed by atoms with van der Waals surface area (Å²) in [5.41, 5.74) is 8.80. The first-order valence-electron chi connectivity index (χ1n) is 4.13. The zero-order valence-corrected chi connectivity index (χ0v) is 8.37. The SMILES string of the molecule is Cl.Nc1ccccc1-c1ccncc1. The zero-order chi connectivity index (χ0) is 9.10. The number of aromatic nitrogens is 1. The van der Waals surface area contributed by atoms with Crippen molar-refractivity contribution in [3.05, 3.63) is 48.8 Å². The molecule has 3 heteroatoms. The van der Waals surface area contributed by atoms with Crippen molar-refractivity contribution < 1.29 is 0 Å². The molecular weight excluding hydrogens is 196 g/mol. The Bertz CT molecular complexity index is 401. The summed E-state index contributed by atoms with van der Waals surface area (Å²) in [7, 11) is 0. The standard InChI is InChI=1S/C11H10N2.ClH/c12-11-4-2-1-3-10(11)9-5-7-13-8-6-9;/h1-8H,12H2;1H. The number of rotatable bonds is 1. The number of anilines is 1. The zero-order valence-electron chi connectivity index (χ0n) is 7.55. The van der Waals surface area contributed by atoms with E-state index >= 15 is 0 Å². The Morgan fingerprint density at radius 1 is 0.929 bits per heavy atom. The van der Waals surface area contributed by atoms with Crippen LogP contribution in [-0.2, 0) is 0 Å². The van der Waals surface area contributed by atoms with Crippen LogP contribution in [0.3, 0.4) is 0 Å². The summed E-state index contributed by atoms with van der Waals surface area (Å²) in [6.45, 7) is 0. The molecule has 1 aromatic heterocycles. The van der Waals surface area contributed by atoms with Crippen LogP contribution in [-0.4, -0.2) is 4.98 Å². The van der Waals surface area contributed by atoms with Crippen LogP contribution >= 0.6 is 12.4 Å². The molecule has 0 aliphatic heterocycles. The molecule has 2 aromatic rings. The maximum Gasteiger partial charge on any atom is 0.0393 e. The summed E-state index contributed by atoms with van der Waals surface area (Å²) in [6.07, 6.45) is 3.53. The van der Waals surface area contributed by atoms with Crippen molar-refractivity contribution in [2.45, 2.75) is 0 Å². The molecule has 2 N–H and O–H groups in total. The first-order valence-corrected chi connectivity index (χ1v) is 4.13. The lowest BCUT2D eigenvalue weighted by Crippen LogP contribution is -1.88. The fourth-order valence-corrected chi connectivity index (χ4v) is 1.29. The van der Waals surface area contributed by atoms with Gasteiger partial charge in [0.15, 0.2) is 0 Å². The summed E-state index contributed by atoms with van der Waals surface area (Å²) < 4.78 is 0. The Hall–Kier alpha value is -1.54. The van der Waals surface area contributed by atoms with Gasteiger partial charge in [0.2, 0.25) is 0 Å². The molecule has 0 fully saturated rings. The highest BCUT2D eigenvalue weighted by Crippen LogP contribution is 2.23. The quantitative estimate of drug-likeness (QED) is 0.729. The van der Waals surface area contributed by atoms with Gasteiger partial charge in [-0.25, -0.2) is 0 Å². The van der Waals surface area contributed by atoms with Crippen molar-refractivity contribution in [1.29, 1.82) is 0 Å². The summed E-state index contributed by atoms with van der Waals surface area (Å²) >= 11 is 0. The van der Waals surface area contributed by atoms with Crippen LogP contribution in [0.15, 0.2) is 48.8 Å². The number of pyridine rings is 1. The predicted molar refractivity (Wildman–Crippen MR) is 61.3 cm³/mol. The number of hydrogen-bond donors (Lipinski definition) is 1. The molecule has 0 spiro atoms. The molecule has 0 saturated carbocycles. The number of benzene rings is 1. The average Bonchev–Trinajstić information content (AvgIpc) is 2.20. The lowest BCUT2D eigenvalue weighted by Gasteiger charge is -2.03. The molecule has 72 valence electrons. The van der Waals surface area contributed by atoms with Crippen LogP contribution in [0.2, 0.25) is 0 Å². The Kier molecular flexibility index (Phi) is 3.48. The van der Waals surface area contributed by atoms with Gasteiger partial charge in [0.05, 0.1) is 0 Å². The van der Waals surface area contributed by atoms with E-state index in [4.69, 9.17) is 5.73 Å². The molecule has 0 aliphatic carbocycles. The molecule has 0 amide bonds. The van der Waals surface area contributed by atoms with Gasteiger partial charge in [-0.1, -0.05) is 18.2 Å². The van der Waals surface area contributed by atoms with E-state index in [2.05, 4.69) is 4.98 Å². The van der Waals surface area contributed by atoms with Gasteiger partial charge >= 0.3 is 0 Å². The van der Waals surface area contributed by atoms with Crippen molar-refractivity contribution in [3.63, 3.8) is 0 Å². The molecule has 2 rings (SSSR count). The number of nitrogens with zero attached hydrogens (tertiary/aromatic N) is 1. The molecule has 0 aliphatic rings. The van der Waals surface area contributed by atoms with Gasteiger partial charge in [-0.2, -0.15) is 0 Å². The maximum absolute atomic E-state index is 5.83. The van der Waals surface area contributed by atoms with Crippen LogP contribution in [0.4, 0.5) is 5.69 Å². The number of nitrogens with two attached hydrogens (primary N) is 1. The van der Waals surface area contributed by atoms with Gasteiger partial charge in [-0.3, -0.25) is 4.98 Å². The third-order valence-corrected chi connectivity index (χ3v) is 1.95. The summed E-state index contributed by atoms with van der Waals surface area (Å²) in [5, 5.41) is 0. The van der Waals surface area contributed by atoms with E-state index in [1.807, 2.05) is 36.4 Å². The van der Waals surface area contributed by atoms with E-state index in [9.17, 15) is 0 Å². The van der Waals surface area contributed by atoms with E-state index in [1.165, 1.54) is 0 Å². The van der Waals surface area contributed by atoms with Crippen molar-refractivity contribution in [2.75, 3.05) is 5.73 Å². The van der Waals surface area contributed by atoms with E-state index in [1.54, 1.807) is 12.4 Å². The van der Waals surface area contributed by atoms with Crippen molar-refractivity contribution in [3.8, 4) is 11.1 Å². The van der Waals surface area contributed by atoms with Gasteiger partial charge in [0.25, 0.3) is 0 Å². The lowest BCUT2D eigenvalue weighted by atomic mass is 10.1. The Labute approximate surface area is 89.2 Å². The number of hydrogen-bond acceptors (Lipinski definition) is 2. The minimum Gasteiger partial charge on any atom is -0.398 e. The largest absolute Gasteiger partial charge is 0.398 e. The molecule has 0 bridgehead atoms. The molecule has 0 saturated heterocycles. The number of nitrogen functional groups attached to an aromatic ring is 1. The second kappa shape index (κ2) is 4.63. The monoisotopic (exact) mass is 206 g/mol. The van der Waals surface area contributed by atoms with E-state index in [0.717, 1.165) is 16.8 Å². The topological polar surface area (TPSA) is 38.9 Å². The molecule has 1 aromatic carbocycles. The van der Waals surface area contributed by atoms with Crippen LogP contribution in [0.1, 0.15) is 0 Å². The molecule has 0 atom stereocenters. The Morgan fingerprint density at radius 3 is 2.21 bits per heavy atom. The highest BCUT2D eigenvalue weighted by molar-refractivity contribution is 5.85. The summed E-state index contributed by atoms with van der Waals surface area (Å²) in [6, 6.07) is 11.7. The fraction of sp³-hybridized carbons (Fsp3) is 0. The van der Waals surface area contributed by atoms with E-state index in [0.29, 0.717) is 0 Å². The molecular formula is C11H11ClN2. The van der Waals surface area contributed by atoms with Crippen molar-refractivity contribution in [1.82, 2.24) is 4.98 Å². The lowest BCUT2D eigenvalue weighted by molar-refractivity contribution is 1.33. The molecule has 0 unspecified atom stereocenters. The fourth-order valence-electron chi connectivity index (χ4n) is 1.29. The van der Waals surface area contributed by atoms with Gasteiger partial charge in [0.1, 0.15) is 0 Å². The Balaban J connectivity index is 0.000000980. The van der Waals surface area contributed by atoms with Crippen molar-refractivity contribution >= 4 is 18.1 Å². The third kappa shape index (κ3) is 2.03. The van der Waals surface area contributed by atoms with E-state index < -0.39 is 0 Å².